The Hall–Kier alpha value is -1.03. The van der Waals surface area contributed by atoms with Gasteiger partial charge in [0.05, 0.1) is 6.20 Å². The summed E-state index contributed by atoms with van der Waals surface area (Å²) in [5.41, 5.74) is 0.324. The van der Waals surface area contributed by atoms with Crippen LogP contribution in [-0.4, -0.2) is 29.6 Å². The van der Waals surface area contributed by atoms with Gasteiger partial charge in [-0.05, 0) is 25.2 Å². The lowest BCUT2D eigenvalue weighted by atomic mass is 9.84. The van der Waals surface area contributed by atoms with Crippen LogP contribution in [0.4, 0.5) is 11.8 Å². The van der Waals surface area contributed by atoms with E-state index in [9.17, 15) is 0 Å². The number of halogens is 1. The van der Waals surface area contributed by atoms with Crippen molar-refractivity contribution >= 4 is 23.4 Å². The molecule has 1 fully saturated rings. The van der Waals surface area contributed by atoms with Gasteiger partial charge in [0.1, 0.15) is 5.02 Å². The quantitative estimate of drug-likeness (QED) is 0.914. The molecule has 0 aromatic carbocycles. The van der Waals surface area contributed by atoms with Crippen LogP contribution in [0.25, 0.3) is 0 Å². The molecule has 2 heterocycles. The van der Waals surface area contributed by atoms with Crippen molar-refractivity contribution in [2.75, 3.05) is 29.9 Å². The monoisotopic (exact) mass is 268 g/mol. The lowest BCUT2D eigenvalue weighted by Gasteiger charge is -2.39. The zero-order valence-electron chi connectivity index (χ0n) is 11.3. The van der Waals surface area contributed by atoms with E-state index >= 15 is 0 Å². The number of nitrogens with one attached hydrogen (secondary N) is 1. The highest BCUT2D eigenvalue weighted by molar-refractivity contribution is 6.32. The third-order valence-corrected chi connectivity index (χ3v) is 3.53. The van der Waals surface area contributed by atoms with E-state index in [4.69, 9.17) is 11.6 Å². The van der Waals surface area contributed by atoms with Crippen LogP contribution in [0.2, 0.25) is 5.02 Å². The zero-order chi connectivity index (χ0) is 13.2. The molecule has 1 saturated heterocycles. The van der Waals surface area contributed by atoms with E-state index < -0.39 is 0 Å². The van der Waals surface area contributed by atoms with Crippen LogP contribution >= 0.6 is 11.6 Å². The standard InChI is InChI=1S/C13H21ClN4/c1-4-15-12-16-8-10(14)11(17-12)18-7-5-6-13(2,3)9-18/h8H,4-7,9H2,1-3H3,(H,15,16,17). The van der Waals surface area contributed by atoms with Crippen LogP contribution < -0.4 is 10.2 Å². The highest BCUT2D eigenvalue weighted by Gasteiger charge is 2.28. The molecule has 18 heavy (non-hydrogen) atoms. The van der Waals surface area contributed by atoms with E-state index in [1.54, 1.807) is 6.20 Å². The van der Waals surface area contributed by atoms with Crippen molar-refractivity contribution in [2.24, 2.45) is 5.41 Å². The molecule has 0 radical (unpaired) electrons. The van der Waals surface area contributed by atoms with Gasteiger partial charge in [-0.1, -0.05) is 25.4 Å². The Labute approximate surface area is 114 Å². The predicted octanol–water partition coefficient (Wildman–Crippen LogP) is 3.19. The van der Waals surface area contributed by atoms with Gasteiger partial charge in [0.25, 0.3) is 0 Å². The molecule has 2 rings (SSSR count). The smallest absolute Gasteiger partial charge is 0.224 e. The second-order valence-corrected chi connectivity index (χ2v) is 5.99. The molecule has 4 nitrogen and oxygen atoms in total. The number of aromatic nitrogens is 2. The van der Waals surface area contributed by atoms with Crippen molar-refractivity contribution in [3.63, 3.8) is 0 Å². The number of nitrogens with zero attached hydrogens (tertiary/aromatic N) is 3. The van der Waals surface area contributed by atoms with E-state index in [0.717, 1.165) is 25.5 Å². The molecule has 0 spiro atoms. The minimum absolute atomic E-state index is 0.324. The molecule has 1 aromatic rings. The van der Waals surface area contributed by atoms with Gasteiger partial charge in [-0.15, -0.1) is 0 Å². The van der Waals surface area contributed by atoms with Crippen molar-refractivity contribution in [1.82, 2.24) is 9.97 Å². The van der Waals surface area contributed by atoms with Crippen molar-refractivity contribution in [2.45, 2.75) is 33.6 Å². The fraction of sp³-hybridized carbons (Fsp3) is 0.692. The van der Waals surface area contributed by atoms with Gasteiger partial charge in [0.15, 0.2) is 5.82 Å². The Morgan fingerprint density at radius 2 is 2.28 bits per heavy atom. The lowest BCUT2D eigenvalue weighted by molar-refractivity contribution is 0.292. The largest absolute Gasteiger partial charge is 0.355 e. The van der Waals surface area contributed by atoms with Gasteiger partial charge < -0.3 is 10.2 Å². The van der Waals surface area contributed by atoms with Crippen molar-refractivity contribution < 1.29 is 0 Å². The molecular weight excluding hydrogens is 248 g/mol. The fourth-order valence-corrected chi connectivity index (χ4v) is 2.64. The van der Waals surface area contributed by atoms with Gasteiger partial charge in [-0.2, -0.15) is 4.98 Å². The van der Waals surface area contributed by atoms with Crippen molar-refractivity contribution in [3.05, 3.63) is 11.2 Å². The van der Waals surface area contributed by atoms with Crippen LogP contribution in [0, 0.1) is 5.41 Å². The Morgan fingerprint density at radius 1 is 1.50 bits per heavy atom. The third-order valence-electron chi connectivity index (χ3n) is 3.26. The second-order valence-electron chi connectivity index (χ2n) is 5.58. The molecule has 0 atom stereocenters. The highest BCUT2D eigenvalue weighted by atomic mass is 35.5. The fourth-order valence-electron chi connectivity index (χ4n) is 2.43. The molecule has 0 aliphatic carbocycles. The summed E-state index contributed by atoms with van der Waals surface area (Å²) >= 11 is 6.23. The molecular formula is C13H21ClN4. The van der Waals surface area contributed by atoms with Crippen LogP contribution in [0.1, 0.15) is 33.6 Å². The Kier molecular flexibility index (Phi) is 3.95. The Bertz CT molecular complexity index is 419. The first kappa shape index (κ1) is 13.4. The molecule has 1 N–H and O–H groups in total. The van der Waals surface area contributed by atoms with E-state index in [2.05, 4.69) is 34.0 Å². The molecule has 0 bridgehead atoms. The molecule has 5 heteroatoms. The molecule has 0 unspecified atom stereocenters. The average molecular weight is 269 g/mol. The highest BCUT2D eigenvalue weighted by Crippen LogP contribution is 2.33. The maximum absolute atomic E-state index is 6.23. The second kappa shape index (κ2) is 5.31. The molecule has 0 saturated carbocycles. The molecule has 1 aliphatic rings. The third kappa shape index (κ3) is 3.05. The first-order valence-corrected chi connectivity index (χ1v) is 6.91. The Morgan fingerprint density at radius 3 is 2.94 bits per heavy atom. The van der Waals surface area contributed by atoms with Crippen LogP contribution in [0.15, 0.2) is 6.20 Å². The van der Waals surface area contributed by atoms with Gasteiger partial charge in [0, 0.05) is 19.6 Å². The van der Waals surface area contributed by atoms with E-state index in [1.165, 1.54) is 12.8 Å². The summed E-state index contributed by atoms with van der Waals surface area (Å²) in [7, 11) is 0. The lowest BCUT2D eigenvalue weighted by Crippen LogP contribution is -2.40. The SMILES string of the molecule is CCNc1ncc(Cl)c(N2CCCC(C)(C)C2)n1. The summed E-state index contributed by atoms with van der Waals surface area (Å²) in [5.74, 6) is 1.51. The van der Waals surface area contributed by atoms with Crippen LogP contribution in [0.3, 0.4) is 0 Å². The zero-order valence-corrected chi connectivity index (χ0v) is 12.1. The maximum atomic E-state index is 6.23. The topological polar surface area (TPSA) is 41.1 Å². The van der Waals surface area contributed by atoms with Crippen molar-refractivity contribution in [3.8, 4) is 0 Å². The summed E-state index contributed by atoms with van der Waals surface area (Å²) in [5, 5.41) is 3.76. The average Bonchev–Trinajstić information content (AvgIpc) is 2.30. The minimum atomic E-state index is 0.324. The van der Waals surface area contributed by atoms with Crippen LogP contribution in [0.5, 0.6) is 0 Å². The number of anilines is 2. The van der Waals surface area contributed by atoms with E-state index in [0.29, 0.717) is 16.4 Å². The van der Waals surface area contributed by atoms with Crippen LogP contribution in [-0.2, 0) is 0 Å². The normalized spacial score (nSPS) is 18.8. The molecule has 1 aromatic heterocycles. The van der Waals surface area contributed by atoms with Gasteiger partial charge >= 0.3 is 0 Å². The first-order valence-electron chi connectivity index (χ1n) is 6.53. The maximum Gasteiger partial charge on any atom is 0.224 e. The number of hydrogen-bond acceptors (Lipinski definition) is 4. The summed E-state index contributed by atoms with van der Waals surface area (Å²) in [4.78, 5) is 11.0. The van der Waals surface area contributed by atoms with Gasteiger partial charge in [0.2, 0.25) is 5.95 Å². The number of piperidine rings is 1. The number of rotatable bonds is 3. The minimum Gasteiger partial charge on any atom is -0.355 e. The molecule has 100 valence electrons. The van der Waals surface area contributed by atoms with E-state index in [1.807, 2.05) is 6.92 Å². The summed E-state index contributed by atoms with van der Waals surface area (Å²) in [6, 6.07) is 0. The first-order chi connectivity index (χ1) is 8.52. The van der Waals surface area contributed by atoms with Crippen molar-refractivity contribution in [1.29, 1.82) is 0 Å². The summed E-state index contributed by atoms with van der Waals surface area (Å²) in [6.45, 7) is 9.44. The van der Waals surface area contributed by atoms with Gasteiger partial charge in [-0.3, -0.25) is 0 Å². The number of hydrogen-bond donors (Lipinski definition) is 1. The predicted molar refractivity (Wildman–Crippen MR) is 76.4 cm³/mol. The van der Waals surface area contributed by atoms with E-state index in [-0.39, 0.29) is 0 Å². The van der Waals surface area contributed by atoms with Gasteiger partial charge in [-0.25, -0.2) is 4.98 Å². The summed E-state index contributed by atoms with van der Waals surface area (Å²) < 4.78 is 0. The molecule has 1 aliphatic heterocycles. The summed E-state index contributed by atoms with van der Waals surface area (Å²) in [6.07, 6.45) is 4.12. The Balaban J connectivity index is 2.23. The molecule has 0 amide bonds.